The fourth-order valence-electron chi connectivity index (χ4n) is 1.61. The number of nitrogens with one attached hydrogen (secondary N) is 1. The average molecular weight is 313 g/mol. The predicted octanol–water partition coefficient (Wildman–Crippen LogP) is 1.42. The molecular weight excluding hydrogens is 294 g/mol. The number of carbonyl (C=O) groups is 2. The lowest BCUT2D eigenvalue weighted by Gasteiger charge is -2.11. The molecule has 7 heteroatoms. The van der Waals surface area contributed by atoms with Crippen molar-refractivity contribution in [2.45, 2.75) is 20.3 Å². The van der Waals surface area contributed by atoms with E-state index < -0.39 is 21.5 Å². The molecule has 0 aliphatic rings. The molecule has 0 saturated carbocycles. The molecule has 0 bridgehead atoms. The number of carbonyl (C=O) groups excluding carboxylic acids is 2. The third-order valence-electron chi connectivity index (χ3n) is 2.58. The number of ether oxygens (including phenoxy) is 1. The first-order valence-electron chi connectivity index (χ1n) is 6.55. The van der Waals surface area contributed by atoms with Gasteiger partial charge in [0.15, 0.2) is 9.84 Å². The fraction of sp³-hybridized carbons (Fsp3) is 0.429. The van der Waals surface area contributed by atoms with Crippen LogP contribution in [0.15, 0.2) is 24.3 Å². The van der Waals surface area contributed by atoms with Crippen LogP contribution in [0.1, 0.15) is 20.3 Å². The van der Waals surface area contributed by atoms with E-state index in [2.05, 4.69) is 5.32 Å². The van der Waals surface area contributed by atoms with Gasteiger partial charge in [0.1, 0.15) is 17.3 Å². The molecule has 0 heterocycles. The van der Waals surface area contributed by atoms with E-state index in [0.717, 1.165) is 0 Å². The van der Waals surface area contributed by atoms with Crippen LogP contribution in [0.3, 0.4) is 0 Å². The van der Waals surface area contributed by atoms with Crippen molar-refractivity contribution in [3.63, 3.8) is 0 Å². The highest BCUT2D eigenvalue weighted by Crippen LogP contribution is 2.23. The molecule has 116 valence electrons. The van der Waals surface area contributed by atoms with E-state index in [0.29, 0.717) is 18.0 Å². The van der Waals surface area contributed by atoms with Crippen molar-refractivity contribution in [2.24, 2.45) is 0 Å². The van der Waals surface area contributed by atoms with Crippen molar-refractivity contribution in [1.82, 2.24) is 0 Å². The molecule has 0 unspecified atom stereocenters. The molecule has 6 nitrogen and oxygen atoms in total. The Bertz CT molecular complexity index is 610. The van der Waals surface area contributed by atoms with Crippen LogP contribution in [-0.2, 0) is 19.4 Å². The van der Waals surface area contributed by atoms with Crippen LogP contribution in [0.4, 0.5) is 5.69 Å². The van der Waals surface area contributed by atoms with Gasteiger partial charge in [-0.2, -0.15) is 0 Å². The SMILES string of the molecule is CCOc1ccccc1NC(=O)CS(=O)(=O)CCC(C)=O. The molecule has 0 spiro atoms. The van der Waals surface area contributed by atoms with E-state index >= 15 is 0 Å². The van der Waals surface area contributed by atoms with Gasteiger partial charge in [-0.15, -0.1) is 0 Å². The highest BCUT2D eigenvalue weighted by Gasteiger charge is 2.18. The van der Waals surface area contributed by atoms with Gasteiger partial charge in [-0.05, 0) is 26.0 Å². The summed E-state index contributed by atoms with van der Waals surface area (Å²) in [4.78, 5) is 22.6. The number of hydrogen-bond acceptors (Lipinski definition) is 5. The lowest BCUT2D eigenvalue weighted by Crippen LogP contribution is -2.25. The van der Waals surface area contributed by atoms with E-state index in [1.54, 1.807) is 24.3 Å². The van der Waals surface area contributed by atoms with Crippen molar-refractivity contribution < 1.29 is 22.7 Å². The largest absolute Gasteiger partial charge is 0.492 e. The van der Waals surface area contributed by atoms with Crippen molar-refractivity contribution in [3.05, 3.63) is 24.3 Å². The molecular formula is C14H19NO5S. The van der Waals surface area contributed by atoms with E-state index in [4.69, 9.17) is 4.74 Å². The molecule has 0 aliphatic carbocycles. The molecule has 1 aromatic rings. The first-order valence-corrected chi connectivity index (χ1v) is 8.37. The number of rotatable bonds is 8. The minimum absolute atomic E-state index is 0.0782. The number of anilines is 1. The molecule has 0 aliphatic heterocycles. The number of sulfone groups is 1. The number of hydrogen-bond donors (Lipinski definition) is 1. The first-order chi connectivity index (χ1) is 9.84. The second-order valence-corrected chi connectivity index (χ2v) is 6.71. The smallest absolute Gasteiger partial charge is 0.239 e. The third kappa shape index (κ3) is 6.40. The Morgan fingerprint density at radius 2 is 1.90 bits per heavy atom. The van der Waals surface area contributed by atoms with Gasteiger partial charge >= 0.3 is 0 Å². The maximum atomic E-state index is 11.8. The third-order valence-corrected chi connectivity index (χ3v) is 4.11. The van der Waals surface area contributed by atoms with E-state index in [9.17, 15) is 18.0 Å². The maximum absolute atomic E-state index is 11.8. The Morgan fingerprint density at radius 1 is 1.24 bits per heavy atom. The van der Waals surface area contributed by atoms with Gasteiger partial charge in [0, 0.05) is 6.42 Å². The van der Waals surface area contributed by atoms with Gasteiger partial charge in [0.2, 0.25) is 5.91 Å². The fourth-order valence-corrected chi connectivity index (χ4v) is 2.82. The molecule has 0 fully saturated rings. The van der Waals surface area contributed by atoms with Crippen molar-refractivity contribution in [2.75, 3.05) is 23.4 Å². The Kier molecular flexibility index (Phi) is 6.36. The number of ketones is 1. The Hall–Kier alpha value is -1.89. The normalized spacial score (nSPS) is 11.0. The van der Waals surface area contributed by atoms with E-state index in [1.165, 1.54) is 6.92 Å². The van der Waals surface area contributed by atoms with Gasteiger partial charge in [0.25, 0.3) is 0 Å². The predicted molar refractivity (Wildman–Crippen MR) is 80.2 cm³/mol. The highest BCUT2D eigenvalue weighted by molar-refractivity contribution is 7.92. The molecule has 0 radical (unpaired) electrons. The van der Waals surface area contributed by atoms with Crippen LogP contribution in [0.25, 0.3) is 0 Å². The molecule has 1 aromatic carbocycles. The summed E-state index contributed by atoms with van der Waals surface area (Å²) < 4.78 is 28.7. The van der Waals surface area contributed by atoms with Crippen molar-refractivity contribution in [1.29, 1.82) is 0 Å². The summed E-state index contributed by atoms with van der Waals surface area (Å²) in [6, 6.07) is 6.78. The summed E-state index contributed by atoms with van der Waals surface area (Å²) in [5.74, 6) is -1.36. The van der Waals surface area contributed by atoms with Gasteiger partial charge in [-0.1, -0.05) is 12.1 Å². The topological polar surface area (TPSA) is 89.5 Å². The Balaban J connectivity index is 2.67. The Morgan fingerprint density at radius 3 is 2.52 bits per heavy atom. The van der Waals surface area contributed by atoms with Gasteiger partial charge < -0.3 is 10.1 Å². The van der Waals surface area contributed by atoms with Crippen molar-refractivity contribution >= 4 is 27.2 Å². The number of Topliss-reactive ketones (excluding diaryl/α,β-unsaturated/α-hetero) is 1. The molecule has 0 aromatic heterocycles. The van der Waals surface area contributed by atoms with Crippen LogP contribution in [0.2, 0.25) is 0 Å². The van der Waals surface area contributed by atoms with E-state index in [1.807, 2.05) is 6.92 Å². The zero-order valence-electron chi connectivity index (χ0n) is 12.1. The molecule has 21 heavy (non-hydrogen) atoms. The summed E-state index contributed by atoms with van der Waals surface area (Å²) in [5, 5.41) is 2.51. The molecule has 0 saturated heterocycles. The second kappa shape index (κ2) is 7.78. The van der Waals surface area contributed by atoms with Crippen LogP contribution in [0.5, 0.6) is 5.75 Å². The summed E-state index contributed by atoms with van der Waals surface area (Å²) >= 11 is 0. The minimum atomic E-state index is -3.59. The first kappa shape index (κ1) is 17.2. The summed E-state index contributed by atoms with van der Waals surface area (Å²) in [6.45, 7) is 3.56. The molecule has 0 atom stereocenters. The number of amides is 1. The second-order valence-electron chi connectivity index (χ2n) is 4.52. The van der Waals surface area contributed by atoms with Crippen molar-refractivity contribution in [3.8, 4) is 5.75 Å². The zero-order chi connectivity index (χ0) is 15.9. The lowest BCUT2D eigenvalue weighted by molar-refractivity contribution is -0.117. The van der Waals surface area contributed by atoms with E-state index in [-0.39, 0.29) is 18.0 Å². The monoisotopic (exact) mass is 313 g/mol. The summed E-state index contributed by atoms with van der Waals surface area (Å²) in [7, 11) is -3.59. The zero-order valence-corrected chi connectivity index (χ0v) is 12.9. The summed E-state index contributed by atoms with van der Waals surface area (Å²) in [5.41, 5.74) is 0.422. The van der Waals surface area contributed by atoms with Crippen LogP contribution >= 0.6 is 0 Å². The highest BCUT2D eigenvalue weighted by atomic mass is 32.2. The molecule has 1 rings (SSSR count). The molecule has 1 N–H and O–H groups in total. The quantitative estimate of drug-likeness (QED) is 0.784. The minimum Gasteiger partial charge on any atom is -0.492 e. The van der Waals surface area contributed by atoms with Crippen LogP contribution in [0, 0.1) is 0 Å². The maximum Gasteiger partial charge on any atom is 0.239 e. The number of benzene rings is 1. The standard InChI is InChI=1S/C14H19NO5S/c1-3-20-13-7-5-4-6-12(13)15-14(17)10-21(18,19)9-8-11(2)16/h4-7H,3,8-10H2,1-2H3,(H,15,17). The Labute approximate surface area is 124 Å². The van der Waals surface area contributed by atoms with Gasteiger partial charge in [0.05, 0.1) is 18.0 Å². The van der Waals surface area contributed by atoms with Crippen LogP contribution in [-0.4, -0.2) is 38.2 Å². The molecule has 1 amide bonds. The van der Waals surface area contributed by atoms with Gasteiger partial charge in [-0.25, -0.2) is 8.42 Å². The average Bonchev–Trinajstić information content (AvgIpc) is 2.38. The van der Waals surface area contributed by atoms with Crippen LogP contribution < -0.4 is 10.1 Å². The van der Waals surface area contributed by atoms with Gasteiger partial charge in [-0.3, -0.25) is 9.59 Å². The summed E-state index contributed by atoms with van der Waals surface area (Å²) in [6.07, 6.45) is -0.0782. The lowest BCUT2D eigenvalue weighted by atomic mass is 10.3. The number of para-hydroxylation sites is 2.